The van der Waals surface area contributed by atoms with E-state index in [2.05, 4.69) is 5.32 Å². The van der Waals surface area contributed by atoms with Crippen LogP contribution in [0.4, 0.5) is 4.79 Å². The Morgan fingerprint density at radius 2 is 2.06 bits per heavy atom. The van der Waals surface area contributed by atoms with E-state index in [4.69, 9.17) is 4.74 Å². The largest absolute Gasteiger partial charge is 0.444 e. The van der Waals surface area contributed by atoms with Crippen molar-refractivity contribution in [1.82, 2.24) is 5.32 Å². The molecule has 4 heteroatoms. The molecule has 92 valence electrons. The number of ether oxygens (including phenoxy) is 1. The number of rotatable bonds is 1. The summed E-state index contributed by atoms with van der Waals surface area (Å²) in [4.78, 5) is 11.6. The molecule has 4 atom stereocenters. The van der Waals surface area contributed by atoms with Gasteiger partial charge in [-0.15, -0.1) is 0 Å². The standard InChI is InChI=1S/C12H21NO3/c1-12(2,3)16-11(15)13-10-7-4-5-8(10)9(14)6-7/h7-10,14H,4-6H2,1-3H3,(H,13,15)/t7-,8-,9+,10+/m0/s1. The first kappa shape index (κ1) is 11.7. The molecule has 2 saturated carbocycles. The lowest BCUT2D eigenvalue weighted by molar-refractivity contribution is 0.0479. The third-order valence-electron chi connectivity index (χ3n) is 3.56. The van der Waals surface area contributed by atoms with E-state index in [9.17, 15) is 9.90 Å². The number of carbonyl (C=O) groups excluding carboxylic acids is 1. The third-order valence-corrected chi connectivity index (χ3v) is 3.56. The maximum Gasteiger partial charge on any atom is 0.407 e. The van der Waals surface area contributed by atoms with E-state index in [1.54, 1.807) is 0 Å². The van der Waals surface area contributed by atoms with Crippen molar-refractivity contribution in [2.45, 2.75) is 57.8 Å². The topological polar surface area (TPSA) is 58.6 Å². The summed E-state index contributed by atoms with van der Waals surface area (Å²) in [5, 5.41) is 12.6. The number of alkyl carbamates (subject to hydrolysis) is 1. The molecule has 0 radical (unpaired) electrons. The van der Waals surface area contributed by atoms with Crippen molar-refractivity contribution < 1.29 is 14.6 Å². The summed E-state index contributed by atoms with van der Waals surface area (Å²) in [6.07, 6.45) is 2.36. The Balaban J connectivity index is 1.89. The second kappa shape index (κ2) is 3.91. The van der Waals surface area contributed by atoms with Gasteiger partial charge in [-0.3, -0.25) is 0 Å². The highest BCUT2D eigenvalue weighted by Gasteiger charge is 2.48. The molecule has 2 aliphatic rings. The maximum absolute atomic E-state index is 11.6. The number of fused-ring (bicyclic) bond motifs is 2. The van der Waals surface area contributed by atoms with Crippen LogP contribution in [-0.4, -0.2) is 28.9 Å². The van der Waals surface area contributed by atoms with Crippen LogP contribution in [0.5, 0.6) is 0 Å². The van der Waals surface area contributed by atoms with Gasteiger partial charge < -0.3 is 15.2 Å². The lowest BCUT2D eigenvalue weighted by Crippen LogP contribution is -2.42. The lowest BCUT2D eigenvalue weighted by Gasteiger charge is -2.23. The zero-order valence-electron chi connectivity index (χ0n) is 10.2. The van der Waals surface area contributed by atoms with Crippen LogP contribution in [0.1, 0.15) is 40.0 Å². The predicted molar refractivity (Wildman–Crippen MR) is 60.0 cm³/mol. The fourth-order valence-corrected chi connectivity index (χ4v) is 2.96. The molecule has 0 saturated heterocycles. The fourth-order valence-electron chi connectivity index (χ4n) is 2.96. The van der Waals surface area contributed by atoms with Crippen LogP contribution in [0.3, 0.4) is 0 Å². The molecule has 0 aromatic carbocycles. The first-order valence-electron chi connectivity index (χ1n) is 6.04. The second-order valence-corrected chi connectivity index (χ2v) is 5.98. The molecule has 2 bridgehead atoms. The summed E-state index contributed by atoms with van der Waals surface area (Å²) >= 11 is 0. The number of nitrogens with one attached hydrogen (secondary N) is 1. The highest BCUT2D eigenvalue weighted by atomic mass is 16.6. The van der Waals surface area contributed by atoms with E-state index in [1.165, 1.54) is 0 Å². The van der Waals surface area contributed by atoms with Gasteiger partial charge in [0.05, 0.1) is 6.10 Å². The van der Waals surface area contributed by atoms with Gasteiger partial charge in [0, 0.05) is 12.0 Å². The van der Waals surface area contributed by atoms with Crippen molar-refractivity contribution in [3.63, 3.8) is 0 Å². The Morgan fingerprint density at radius 3 is 2.50 bits per heavy atom. The minimum atomic E-state index is -0.458. The molecule has 16 heavy (non-hydrogen) atoms. The maximum atomic E-state index is 11.6. The molecular formula is C12H21NO3. The van der Waals surface area contributed by atoms with Gasteiger partial charge in [0.1, 0.15) is 5.60 Å². The Kier molecular flexibility index (Phi) is 2.86. The van der Waals surface area contributed by atoms with E-state index >= 15 is 0 Å². The molecule has 0 aromatic rings. The third kappa shape index (κ3) is 2.32. The second-order valence-electron chi connectivity index (χ2n) is 5.98. The van der Waals surface area contributed by atoms with Gasteiger partial charge in [-0.2, -0.15) is 0 Å². The van der Waals surface area contributed by atoms with E-state index in [1.807, 2.05) is 20.8 Å². The van der Waals surface area contributed by atoms with Gasteiger partial charge in [-0.05, 0) is 46.0 Å². The minimum Gasteiger partial charge on any atom is -0.444 e. The average Bonchev–Trinajstić information content (AvgIpc) is 2.57. The normalized spacial score (nSPS) is 37.5. The number of aliphatic hydroxyl groups is 1. The quantitative estimate of drug-likeness (QED) is 0.716. The van der Waals surface area contributed by atoms with E-state index in [0.717, 1.165) is 19.3 Å². The predicted octanol–water partition coefficient (Wildman–Crippen LogP) is 1.67. The number of carbonyl (C=O) groups is 1. The van der Waals surface area contributed by atoms with Crippen LogP contribution < -0.4 is 5.32 Å². The van der Waals surface area contributed by atoms with Gasteiger partial charge in [-0.1, -0.05) is 0 Å². The summed E-state index contributed by atoms with van der Waals surface area (Å²) in [6, 6.07) is 0.116. The molecule has 0 unspecified atom stereocenters. The zero-order chi connectivity index (χ0) is 11.9. The van der Waals surface area contributed by atoms with Crippen molar-refractivity contribution in [3.8, 4) is 0 Å². The van der Waals surface area contributed by atoms with Crippen LogP contribution >= 0.6 is 0 Å². The van der Waals surface area contributed by atoms with Gasteiger partial charge >= 0.3 is 6.09 Å². The van der Waals surface area contributed by atoms with Crippen molar-refractivity contribution in [2.24, 2.45) is 11.8 Å². The summed E-state index contributed by atoms with van der Waals surface area (Å²) in [5.41, 5.74) is -0.458. The summed E-state index contributed by atoms with van der Waals surface area (Å²) < 4.78 is 5.23. The Labute approximate surface area is 96.4 Å². The van der Waals surface area contributed by atoms with Crippen molar-refractivity contribution in [3.05, 3.63) is 0 Å². The average molecular weight is 227 g/mol. The van der Waals surface area contributed by atoms with Crippen LogP contribution in [0.2, 0.25) is 0 Å². The molecule has 0 spiro atoms. The molecule has 4 nitrogen and oxygen atoms in total. The number of amides is 1. The molecule has 2 rings (SSSR count). The van der Waals surface area contributed by atoms with Crippen molar-refractivity contribution in [2.75, 3.05) is 0 Å². The monoisotopic (exact) mass is 227 g/mol. The lowest BCUT2D eigenvalue weighted by atomic mass is 9.98. The number of hydrogen-bond donors (Lipinski definition) is 2. The Hall–Kier alpha value is -0.770. The summed E-state index contributed by atoms with van der Waals surface area (Å²) in [7, 11) is 0. The molecule has 2 fully saturated rings. The Morgan fingerprint density at radius 1 is 1.38 bits per heavy atom. The van der Waals surface area contributed by atoms with Crippen LogP contribution in [0.25, 0.3) is 0 Å². The molecule has 0 aromatic heterocycles. The number of hydrogen-bond acceptors (Lipinski definition) is 3. The first-order valence-corrected chi connectivity index (χ1v) is 6.04. The first-order chi connectivity index (χ1) is 7.37. The van der Waals surface area contributed by atoms with Gasteiger partial charge in [0.2, 0.25) is 0 Å². The van der Waals surface area contributed by atoms with Crippen LogP contribution in [0, 0.1) is 11.8 Å². The molecule has 1 amide bonds. The fraction of sp³-hybridized carbons (Fsp3) is 0.917. The van der Waals surface area contributed by atoms with Gasteiger partial charge in [0.15, 0.2) is 0 Å². The molecule has 0 heterocycles. The molecule has 0 aliphatic heterocycles. The van der Waals surface area contributed by atoms with Crippen LogP contribution in [0.15, 0.2) is 0 Å². The van der Waals surface area contributed by atoms with Gasteiger partial charge in [0.25, 0.3) is 0 Å². The SMILES string of the molecule is CC(C)(C)OC(=O)N[C@@H]1[C@H]2CC[C@H]1[C@H](O)C2. The van der Waals surface area contributed by atoms with Crippen LogP contribution in [-0.2, 0) is 4.74 Å². The Bertz CT molecular complexity index is 284. The van der Waals surface area contributed by atoms with Crippen molar-refractivity contribution >= 4 is 6.09 Å². The highest BCUT2D eigenvalue weighted by molar-refractivity contribution is 5.68. The van der Waals surface area contributed by atoms with E-state index in [0.29, 0.717) is 5.92 Å². The van der Waals surface area contributed by atoms with E-state index < -0.39 is 5.60 Å². The minimum absolute atomic E-state index is 0.116. The molecular weight excluding hydrogens is 206 g/mol. The van der Waals surface area contributed by atoms with E-state index in [-0.39, 0.29) is 24.2 Å². The highest BCUT2D eigenvalue weighted by Crippen LogP contribution is 2.44. The number of aliphatic hydroxyl groups excluding tert-OH is 1. The van der Waals surface area contributed by atoms with Gasteiger partial charge in [-0.25, -0.2) is 4.79 Å². The summed E-state index contributed by atoms with van der Waals surface area (Å²) in [6.45, 7) is 5.56. The smallest absolute Gasteiger partial charge is 0.407 e. The zero-order valence-corrected chi connectivity index (χ0v) is 10.2. The molecule has 2 aliphatic carbocycles. The van der Waals surface area contributed by atoms with Crippen molar-refractivity contribution in [1.29, 1.82) is 0 Å². The summed E-state index contributed by atoms with van der Waals surface area (Å²) in [5.74, 6) is 0.671. The molecule has 2 N–H and O–H groups in total.